The standard InChI is InChI=1S/C12H17N3O2/c16-12-9-14(8-11-2-1-5-17-11)7-10-6-13-3-4-15(10)12/h1-2,5,10,13H,3-4,6-9H2. The summed E-state index contributed by atoms with van der Waals surface area (Å²) in [6.07, 6.45) is 1.68. The lowest BCUT2D eigenvalue weighted by Crippen LogP contribution is -2.63. The smallest absolute Gasteiger partial charge is 0.237 e. The van der Waals surface area contributed by atoms with E-state index in [0.29, 0.717) is 12.6 Å². The number of piperazine rings is 2. The molecule has 1 N–H and O–H groups in total. The molecule has 17 heavy (non-hydrogen) atoms. The third kappa shape index (κ3) is 2.21. The van der Waals surface area contributed by atoms with Gasteiger partial charge in [0.1, 0.15) is 5.76 Å². The minimum atomic E-state index is 0.245. The van der Waals surface area contributed by atoms with Crippen molar-refractivity contribution >= 4 is 5.91 Å². The zero-order valence-electron chi connectivity index (χ0n) is 9.76. The highest BCUT2D eigenvalue weighted by molar-refractivity contribution is 5.79. The molecule has 2 aliphatic rings. The topological polar surface area (TPSA) is 48.7 Å². The summed E-state index contributed by atoms with van der Waals surface area (Å²) >= 11 is 0. The number of hydrogen-bond donors (Lipinski definition) is 1. The molecule has 1 unspecified atom stereocenters. The van der Waals surface area contributed by atoms with Crippen molar-refractivity contribution in [2.24, 2.45) is 0 Å². The van der Waals surface area contributed by atoms with Crippen LogP contribution in [0.3, 0.4) is 0 Å². The Morgan fingerprint density at radius 1 is 1.53 bits per heavy atom. The summed E-state index contributed by atoms with van der Waals surface area (Å²) in [5.74, 6) is 1.17. The quantitative estimate of drug-likeness (QED) is 0.777. The highest BCUT2D eigenvalue weighted by atomic mass is 16.3. The first-order valence-electron chi connectivity index (χ1n) is 6.08. The van der Waals surface area contributed by atoms with Gasteiger partial charge in [-0.3, -0.25) is 9.69 Å². The van der Waals surface area contributed by atoms with E-state index in [1.165, 1.54) is 0 Å². The van der Waals surface area contributed by atoms with E-state index in [0.717, 1.165) is 38.5 Å². The fraction of sp³-hybridized carbons (Fsp3) is 0.583. The van der Waals surface area contributed by atoms with Gasteiger partial charge in [-0.25, -0.2) is 0 Å². The fourth-order valence-corrected chi connectivity index (χ4v) is 2.64. The Morgan fingerprint density at radius 3 is 3.29 bits per heavy atom. The molecule has 1 amide bonds. The van der Waals surface area contributed by atoms with Gasteiger partial charge in [0.2, 0.25) is 5.91 Å². The second-order valence-electron chi connectivity index (χ2n) is 4.69. The van der Waals surface area contributed by atoms with E-state index in [-0.39, 0.29) is 5.91 Å². The molecule has 0 aliphatic carbocycles. The number of carbonyl (C=O) groups excluding carboxylic acids is 1. The maximum atomic E-state index is 12.0. The van der Waals surface area contributed by atoms with Crippen molar-refractivity contribution in [1.82, 2.24) is 15.1 Å². The highest BCUT2D eigenvalue weighted by Crippen LogP contribution is 2.15. The van der Waals surface area contributed by atoms with Crippen LogP contribution in [0.15, 0.2) is 22.8 Å². The molecule has 92 valence electrons. The van der Waals surface area contributed by atoms with Gasteiger partial charge in [-0.05, 0) is 12.1 Å². The van der Waals surface area contributed by atoms with Crippen molar-refractivity contribution in [2.75, 3.05) is 32.7 Å². The van der Waals surface area contributed by atoms with Crippen molar-refractivity contribution in [3.63, 3.8) is 0 Å². The lowest BCUT2D eigenvalue weighted by Gasteiger charge is -2.43. The first-order chi connectivity index (χ1) is 8.33. The Bertz CT molecular complexity index is 390. The molecule has 0 bridgehead atoms. The Morgan fingerprint density at radius 2 is 2.47 bits per heavy atom. The maximum Gasteiger partial charge on any atom is 0.237 e. The number of carbonyl (C=O) groups is 1. The van der Waals surface area contributed by atoms with Crippen LogP contribution in [0.1, 0.15) is 5.76 Å². The van der Waals surface area contributed by atoms with E-state index >= 15 is 0 Å². The van der Waals surface area contributed by atoms with E-state index in [9.17, 15) is 4.79 Å². The lowest BCUT2D eigenvalue weighted by atomic mass is 10.1. The third-order valence-electron chi connectivity index (χ3n) is 3.46. The molecule has 0 radical (unpaired) electrons. The van der Waals surface area contributed by atoms with Gasteiger partial charge in [-0.1, -0.05) is 0 Å². The van der Waals surface area contributed by atoms with Crippen LogP contribution in [0, 0.1) is 0 Å². The summed E-state index contributed by atoms with van der Waals surface area (Å²) < 4.78 is 5.33. The summed E-state index contributed by atoms with van der Waals surface area (Å²) in [6, 6.07) is 4.16. The van der Waals surface area contributed by atoms with E-state index in [2.05, 4.69) is 10.2 Å². The Kier molecular flexibility index (Phi) is 2.86. The monoisotopic (exact) mass is 235 g/mol. The predicted molar refractivity (Wildman–Crippen MR) is 62.4 cm³/mol. The molecule has 2 fully saturated rings. The molecule has 1 aromatic heterocycles. The Balaban J connectivity index is 1.66. The molecule has 0 saturated carbocycles. The minimum absolute atomic E-state index is 0.245. The van der Waals surface area contributed by atoms with Gasteiger partial charge in [0.25, 0.3) is 0 Å². The molecule has 3 heterocycles. The van der Waals surface area contributed by atoms with E-state index in [1.807, 2.05) is 17.0 Å². The zero-order valence-corrected chi connectivity index (χ0v) is 9.76. The molecule has 3 rings (SSSR count). The van der Waals surface area contributed by atoms with Crippen LogP contribution >= 0.6 is 0 Å². The van der Waals surface area contributed by atoms with Gasteiger partial charge >= 0.3 is 0 Å². The van der Waals surface area contributed by atoms with Crippen LogP contribution in [0.2, 0.25) is 0 Å². The first-order valence-corrected chi connectivity index (χ1v) is 6.08. The predicted octanol–water partition coefficient (Wildman–Crippen LogP) is -0.104. The molecule has 0 aromatic carbocycles. The number of fused-ring (bicyclic) bond motifs is 1. The maximum absolute atomic E-state index is 12.0. The fourth-order valence-electron chi connectivity index (χ4n) is 2.64. The van der Waals surface area contributed by atoms with Crippen molar-refractivity contribution in [3.05, 3.63) is 24.2 Å². The second kappa shape index (κ2) is 4.50. The van der Waals surface area contributed by atoms with Gasteiger partial charge in [0.05, 0.1) is 25.4 Å². The summed E-state index contributed by atoms with van der Waals surface area (Å²) in [7, 11) is 0. The van der Waals surface area contributed by atoms with Gasteiger partial charge < -0.3 is 14.6 Å². The average Bonchev–Trinajstić information content (AvgIpc) is 2.82. The third-order valence-corrected chi connectivity index (χ3v) is 3.46. The minimum Gasteiger partial charge on any atom is -0.468 e. The number of rotatable bonds is 2. The number of nitrogens with one attached hydrogen (secondary N) is 1. The van der Waals surface area contributed by atoms with Crippen LogP contribution in [-0.4, -0.2) is 54.5 Å². The molecule has 5 nitrogen and oxygen atoms in total. The van der Waals surface area contributed by atoms with Crippen LogP contribution in [0.4, 0.5) is 0 Å². The van der Waals surface area contributed by atoms with Crippen molar-refractivity contribution in [3.8, 4) is 0 Å². The van der Waals surface area contributed by atoms with Crippen LogP contribution in [0.5, 0.6) is 0 Å². The van der Waals surface area contributed by atoms with E-state index in [1.54, 1.807) is 6.26 Å². The van der Waals surface area contributed by atoms with E-state index in [4.69, 9.17) is 4.42 Å². The molecular formula is C12H17N3O2. The van der Waals surface area contributed by atoms with Crippen molar-refractivity contribution in [1.29, 1.82) is 0 Å². The normalized spacial score (nSPS) is 26.0. The molecule has 5 heteroatoms. The van der Waals surface area contributed by atoms with Gasteiger partial charge in [-0.2, -0.15) is 0 Å². The Labute approximate surface area is 100 Å². The molecular weight excluding hydrogens is 218 g/mol. The number of hydrogen-bond acceptors (Lipinski definition) is 4. The van der Waals surface area contributed by atoms with Crippen LogP contribution in [-0.2, 0) is 11.3 Å². The number of nitrogens with zero attached hydrogens (tertiary/aromatic N) is 2. The molecule has 1 atom stereocenters. The summed E-state index contributed by atoms with van der Waals surface area (Å²) in [6.45, 7) is 4.83. The number of furan rings is 1. The van der Waals surface area contributed by atoms with Gasteiger partial charge in [-0.15, -0.1) is 0 Å². The van der Waals surface area contributed by atoms with Crippen molar-refractivity contribution in [2.45, 2.75) is 12.6 Å². The summed E-state index contributed by atoms with van der Waals surface area (Å²) in [4.78, 5) is 16.2. The zero-order chi connectivity index (χ0) is 11.7. The number of amides is 1. The SMILES string of the molecule is O=C1CN(Cc2ccco2)CC2CNCCN12. The summed E-state index contributed by atoms with van der Waals surface area (Å²) in [5, 5.41) is 3.34. The second-order valence-corrected chi connectivity index (χ2v) is 4.69. The largest absolute Gasteiger partial charge is 0.468 e. The molecule has 1 aromatic rings. The van der Waals surface area contributed by atoms with E-state index < -0.39 is 0 Å². The van der Waals surface area contributed by atoms with Gasteiger partial charge in [0, 0.05) is 26.2 Å². The molecule has 2 saturated heterocycles. The highest BCUT2D eigenvalue weighted by Gasteiger charge is 2.33. The van der Waals surface area contributed by atoms with Gasteiger partial charge in [0.15, 0.2) is 0 Å². The summed E-state index contributed by atoms with van der Waals surface area (Å²) in [5.41, 5.74) is 0. The van der Waals surface area contributed by atoms with Crippen LogP contribution < -0.4 is 5.32 Å². The lowest BCUT2D eigenvalue weighted by molar-refractivity contribution is -0.141. The Hall–Kier alpha value is -1.33. The average molecular weight is 235 g/mol. The van der Waals surface area contributed by atoms with Crippen molar-refractivity contribution < 1.29 is 9.21 Å². The molecule has 2 aliphatic heterocycles. The first kappa shape index (κ1) is 10.8. The molecule has 0 spiro atoms. The van der Waals surface area contributed by atoms with Crippen LogP contribution in [0.25, 0.3) is 0 Å².